The first-order valence-electron chi connectivity index (χ1n) is 7.53. The molecule has 0 saturated carbocycles. The smallest absolute Gasteiger partial charge is 0.221 e. The number of rotatable bonds is 7. The SMILES string of the molecule is O=C(CCS(=O)(=O)c1ccccc1Cl)NCCN1CCOCC1. The van der Waals surface area contributed by atoms with E-state index in [1.165, 1.54) is 12.1 Å². The first kappa shape index (κ1) is 18.2. The highest BCUT2D eigenvalue weighted by Gasteiger charge is 2.19. The first-order valence-corrected chi connectivity index (χ1v) is 9.56. The van der Waals surface area contributed by atoms with Gasteiger partial charge in [0.05, 0.1) is 28.9 Å². The molecule has 1 N–H and O–H groups in total. The number of carbonyl (C=O) groups is 1. The van der Waals surface area contributed by atoms with E-state index in [2.05, 4.69) is 10.2 Å². The van der Waals surface area contributed by atoms with Gasteiger partial charge >= 0.3 is 0 Å². The molecule has 1 aromatic carbocycles. The van der Waals surface area contributed by atoms with Crippen LogP contribution in [0.25, 0.3) is 0 Å². The summed E-state index contributed by atoms with van der Waals surface area (Å²) in [4.78, 5) is 14.1. The number of hydrogen-bond acceptors (Lipinski definition) is 5. The fourth-order valence-electron chi connectivity index (χ4n) is 2.30. The number of carbonyl (C=O) groups excluding carboxylic acids is 1. The Morgan fingerprint density at radius 2 is 1.96 bits per heavy atom. The zero-order chi connectivity index (χ0) is 16.7. The molecule has 8 heteroatoms. The van der Waals surface area contributed by atoms with Gasteiger partial charge in [0, 0.05) is 32.6 Å². The Balaban J connectivity index is 1.74. The molecule has 1 heterocycles. The van der Waals surface area contributed by atoms with Crippen LogP contribution in [-0.2, 0) is 19.4 Å². The Labute approximate surface area is 141 Å². The molecule has 0 unspecified atom stereocenters. The molecule has 1 saturated heterocycles. The zero-order valence-electron chi connectivity index (χ0n) is 12.8. The maximum absolute atomic E-state index is 12.2. The number of nitrogens with zero attached hydrogens (tertiary/aromatic N) is 1. The summed E-state index contributed by atoms with van der Waals surface area (Å²) in [5, 5.41) is 2.93. The van der Waals surface area contributed by atoms with Crippen LogP contribution in [0.15, 0.2) is 29.2 Å². The quantitative estimate of drug-likeness (QED) is 0.783. The van der Waals surface area contributed by atoms with Gasteiger partial charge in [0.25, 0.3) is 0 Å². The van der Waals surface area contributed by atoms with Crippen LogP contribution in [-0.4, -0.2) is 64.4 Å². The maximum Gasteiger partial charge on any atom is 0.221 e. The number of halogens is 1. The van der Waals surface area contributed by atoms with Crippen LogP contribution >= 0.6 is 11.6 Å². The van der Waals surface area contributed by atoms with Crippen molar-refractivity contribution in [2.75, 3.05) is 45.1 Å². The molecule has 1 fully saturated rings. The largest absolute Gasteiger partial charge is 0.379 e. The zero-order valence-corrected chi connectivity index (χ0v) is 14.4. The number of hydrogen-bond donors (Lipinski definition) is 1. The van der Waals surface area contributed by atoms with Crippen molar-refractivity contribution < 1.29 is 17.9 Å². The van der Waals surface area contributed by atoms with Crippen LogP contribution in [0, 0.1) is 0 Å². The van der Waals surface area contributed by atoms with E-state index in [-0.39, 0.29) is 28.0 Å². The molecule has 0 bridgehead atoms. The summed E-state index contributed by atoms with van der Waals surface area (Å²) in [5.74, 6) is -0.519. The molecule has 0 spiro atoms. The van der Waals surface area contributed by atoms with Crippen molar-refractivity contribution >= 4 is 27.3 Å². The second-order valence-electron chi connectivity index (χ2n) is 5.30. The molecule has 23 heavy (non-hydrogen) atoms. The summed E-state index contributed by atoms with van der Waals surface area (Å²) >= 11 is 5.90. The van der Waals surface area contributed by atoms with Crippen molar-refractivity contribution in [3.63, 3.8) is 0 Å². The number of benzene rings is 1. The molecular weight excluding hydrogens is 340 g/mol. The lowest BCUT2D eigenvalue weighted by Crippen LogP contribution is -2.41. The highest BCUT2D eigenvalue weighted by atomic mass is 35.5. The Morgan fingerprint density at radius 3 is 2.65 bits per heavy atom. The summed E-state index contributed by atoms with van der Waals surface area (Å²) in [6.07, 6.45) is -0.0728. The molecule has 2 rings (SSSR count). The van der Waals surface area contributed by atoms with E-state index in [0.717, 1.165) is 19.6 Å². The normalized spacial score (nSPS) is 16.2. The van der Waals surface area contributed by atoms with Gasteiger partial charge in [0.15, 0.2) is 9.84 Å². The van der Waals surface area contributed by atoms with E-state index < -0.39 is 9.84 Å². The molecule has 0 radical (unpaired) electrons. The summed E-state index contributed by atoms with van der Waals surface area (Å²) in [7, 11) is -3.55. The van der Waals surface area contributed by atoms with Crippen molar-refractivity contribution in [1.82, 2.24) is 10.2 Å². The Kier molecular flexibility index (Phi) is 6.83. The summed E-state index contributed by atoms with van der Waals surface area (Å²) in [6, 6.07) is 6.26. The lowest BCUT2D eigenvalue weighted by Gasteiger charge is -2.26. The van der Waals surface area contributed by atoms with Crippen molar-refractivity contribution in [2.45, 2.75) is 11.3 Å². The minimum atomic E-state index is -3.55. The Bertz CT molecular complexity index is 630. The lowest BCUT2D eigenvalue weighted by atomic mass is 10.4. The number of nitrogens with one attached hydrogen (secondary N) is 1. The second kappa shape index (κ2) is 8.63. The van der Waals surface area contributed by atoms with Crippen LogP contribution in [0.3, 0.4) is 0 Å². The summed E-state index contributed by atoms with van der Waals surface area (Å²) in [6.45, 7) is 4.39. The molecule has 0 aromatic heterocycles. The Morgan fingerprint density at radius 1 is 1.26 bits per heavy atom. The predicted molar refractivity (Wildman–Crippen MR) is 88.4 cm³/mol. The summed E-state index contributed by atoms with van der Waals surface area (Å²) < 4.78 is 29.6. The minimum absolute atomic E-state index is 0.0720. The molecule has 1 aromatic rings. The van der Waals surface area contributed by atoms with Crippen molar-refractivity contribution in [3.8, 4) is 0 Å². The van der Waals surface area contributed by atoms with Crippen LogP contribution in [0.2, 0.25) is 5.02 Å². The average molecular weight is 361 g/mol. The standard InChI is InChI=1S/C15H21ClN2O4S/c16-13-3-1-2-4-14(13)23(20,21)12-5-15(19)17-6-7-18-8-10-22-11-9-18/h1-4H,5-12H2,(H,17,19). The van der Waals surface area contributed by atoms with Crippen molar-refractivity contribution in [3.05, 3.63) is 29.3 Å². The van der Waals surface area contributed by atoms with Gasteiger partial charge in [-0.3, -0.25) is 9.69 Å². The van der Waals surface area contributed by atoms with Gasteiger partial charge in [-0.25, -0.2) is 8.42 Å². The number of ether oxygens (including phenoxy) is 1. The molecule has 0 atom stereocenters. The molecule has 0 aliphatic carbocycles. The molecule has 1 aliphatic rings. The molecule has 1 aliphatic heterocycles. The fourth-order valence-corrected chi connectivity index (χ4v) is 4.11. The topological polar surface area (TPSA) is 75.7 Å². The number of sulfone groups is 1. The number of morpholine rings is 1. The van der Waals surface area contributed by atoms with Crippen LogP contribution < -0.4 is 5.32 Å². The van der Waals surface area contributed by atoms with Gasteiger partial charge in [0.2, 0.25) is 5.91 Å². The van der Waals surface area contributed by atoms with Gasteiger partial charge in [-0.2, -0.15) is 0 Å². The highest BCUT2D eigenvalue weighted by Crippen LogP contribution is 2.22. The van der Waals surface area contributed by atoms with Gasteiger partial charge in [-0.15, -0.1) is 0 Å². The van der Waals surface area contributed by atoms with E-state index in [1.807, 2.05) is 0 Å². The van der Waals surface area contributed by atoms with Crippen molar-refractivity contribution in [1.29, 1.82) is 0 Å². The van der Waals surface area contributed by atoms with E-state index in [9.17, 15) is 13.2 Å². The molecule has 128 valence electrons. The highest BCUT2D eigenvalue weighted by molar-refractivity contribution is 7.91. The van der Waals surface area contributed by atoms with Crippen LogP contribution in [0.1, 0.15) is 6.42 Å². The third kappa shape index (κ3) is 5.76. The number of amides is 1. The third-order valence-electron chi connectivity index (χ3n) is 3.62. The van der Waals surface area contributed by atoms with E-state index in [0.29, 0.717) is 19.8 Å². The minimum Gasteiger partial charge on any atom is -0.379 e. The third-order valence-corrected chi connectivity index (χ3v) is 5.83. The molecule has 1 amide bonds. The van der Waals surface area contributed by atoms with E-state index >= 15 is 0 Å². The average Bonchev–Trinajstić information content (AvgIpc) is 2.54. The molecular formula is C15H21ClN2O4S. The monoisotopic (exact) mass is 360 g/mol. The predicted octanol–water partition coefficient (Wildman–Crippen LogP) is 0.952. The van der Waals surface area contributed by atoms with Crippen LogP contribution in [0.4, 0.5) is 0 Å². The fraction of sp³-hybridized carbons (Fsp3) is 0.533. The van der Waals surface area contributed by atoms with E-state index in [4.69, 9.17) is 16.3 Å². The van der Waals surface area contributed by atoms with Crippen molar-refractivity contribution in [2.24, 2.45) is 0 Å². The summed E-state index contributed by atoms with van der Waals surface area (Å²) in [5.41, 5.74) is 0. The van der Waals surface area contributed by atoms with Crippen LogP contribution in [0.5, 0.6) is 0 Å². The van der Waals surface area contributed by atoms with Gasteiger partial charge < -0.3 is 10.1 Å². The van der Waals surface area contributed by atoms with E-state index in [1.54, 1.807) is 12.1 Å². The first-order chi connectivity index (χ1) is 11.0. The Hall–Kier alpha value is -1.15. The van der Waals surface area contributed by atoms with Gasteiger partial charge in [0.1, 0.15) is 0 Å². The van der Waals surface area contributed by atoms with Gasteiger partial charge in [-0.1, -0.05) is 23.7 Å². The lowest BCUT2D eigenvalue weighted by molar-refractivity contribution is -0.120. The van der Waals surface area contributed by atoms with Gasteiger partial charge in [-0.05, 0) is 12.1 Å². The molecule has 6 nitrogen and oxygen atoms in total. The maximum atomic E-state index is 12.2. The second-order valence-corrected chi connectivity index (χ2v) is 7.79.